The van der Waals surface area contributed by atoms with Crippen LogP contribution in [0.2, 0.25) is 0 Å². The number of aromatic nitrogens is 1. The fourth-order valence-corrected chi connectivity index (χ4v) is 2.94. The van der Waals surface area contributed by atoms with Gasteiger partial charge in [-0.3, -0.25) is 5.32 Å². The number of nitrogens with zero attached hydrogens (tertiary/aromatic N) is 1. The number of thiazole rings is 1. The predicted molar refractivity (Wildman–Crippen MR) is 86.1 cm³/mol. The van der Waals surface area contributed by atoms with Crippen LogP contribution in [0, 0.1) is 0 Å². The first-order chi connectivity index (χ1) is 11.3. The topological polar surface area (TPSA) is 81.7 Å². The van der Waals surface area contributed by atoms with Crippen molar-refractivity contribution in [3.63, 3.8) is 0 Å². The van der Waals surface area contributed by atoms with Crippen LogP contribution in [0.1, 0.15) is 10.4 Å². The van der Waals surface area contributed by atoms with Crippen LogP contribution in [-0.2, 0) is 17.9 Å². The summed E-state index contributed by atoms with van der Waals surface area (Å²) in [7, 11) is 1.62. The van der Waals surface area contributed by atoms with E-state index in [-0.39, 0.29) is 6.03 Å². The average molecular weight is 335 g/mol. The van der Waals surface area contributed by atoms with Gasteiger partial charge in [0.15, 0.2) is 16.6 Å². The van der Waals surface area contributed by atoms with Gasteiger partial charge in [-0.1, -0.05) is 23.5 Å². The standard InChI is InChI=1S/C15H17N3O4S/c1-20-9-11-8-17-15(23-11)18-14(19)16-7-10-3-2-4-12-13(10)22-6-5-21-12/h2-4,8H,5-7,9H2,1H3,(H2,16,17,18,19). The number of anilines is 1. The van der Waals surface area contributed by atoms with E-state index in [1.54, 1.807) is 13.3 Å². The lowest BCUT2D eigenvalue weighted by molar-refractivity contribution is 0.169. The smallest absolute Gasteiger partial charge is 0.321 e. The van der Waals surface area contributed by atoms with Crippen LogP contribution in [0.4, 0.5) is 9.93 Å². The van der Waals surface area contributed by atoms with E-state index in [0.29, 0.717) is 43.0 Å². The molecular formula is C15H17N3O4S. The second-order valence-corrected chi connectivity index (χ2v) is 5.93. The van der Waals surface area contributed by atoms with Gasteiger partial charge >= 0.3 is 6.03 Å². The summed E-state index contributed by atoms with van der Waals surface area (Å²) in [6.45, 7) is 1.87. The first-order valence-electron chi connectivity index (χ1n) is 7.12. The molecule has 0 spiro atoms. The van der Waals surface area contributed by atoms with Crippen molar-refractivity contribution in [1.82, 2.24) is 10.3 Å². The molecule has 1 aliphatic heterocycles. The third-order valence-corrected chi connectivity index (χ3v) is 4.03. The number of urea groups is 1. The zero-order valence-corrected chi connectivity index (χ0v) is 13.4. The Morgan fingerprint density at radius 2 is 2.26 bits per heavy atom. The highest BCUT2D eigenvalue weighted by molar-refractivity contribution is 7.15. The summed E-state index contributed by atoms with van der Waals surface area (Å²) < 4.78 is 16.2. The summed E-state index contributed by atoms with van der Waals surface area (Å²) in [5.74, 6) is 1.40. The second-order valence-electron chi connectivity index (χ2n) is 4.81. The summed E-state index contributed by atoms with van der Waals surface area (Å²) in [6.07, 6.45) is 1.68. The minimum Gasteiger partial charge on any atom is -0.486 e. The van der Waals surface area contributed by atoms with Crippen molar-refractivity contribution < 1.29 is 19.0 Å². The van der Waals surface area contributed by atoms with Crippen molar-refractivity contribution in [2.75, 3.05) is 25.6 Å². The molecule has 0 aliphatic carbocycles. The van der Waals surface area contributed by atoms with Gasteiger partial charge in [0.1, 0.15) is 13.2 Å². The third-order valence-electron chi connectivity index (χ3n) is 3.15. The van der Waals surface area contributed by atoms with Gasteiger partial charge in [-0.25, -0.2) is 9.78 Å². The van der Waals surface area contributed by atoms with Crippen LogP contribution in [0.25, 0.3) is 0 Å². The molecule has 0 unspecified atom stereocenters. The molecule has 1 aliphatic rings. The molecule has 1 aromatic carbocycles. The van der Waals surface area contributed by atoms with Crippen LogP contribution < -0.4 is 20.1 Å². The molecule has 7 nitrogen and oxygen atoms in total. The number of rotatable bonds is 5. The molecule has 2 amide bonds. The van der Waals surface area contributed by atoms with Crippen LogP contribution in [0.15, 0.2) is 24.4 Å². The van der Waals surface area contributed by atoms with Crippen LogP contribution in [0.3, 0.4) is 0 Å². The number of methoxy groups -OCH3 is 1. The van der Waals surface area contributed by atoms with E-state index in [4.69, 9.17) is 14.2 Å². The molecule has 0 radical (unpaired) electrons. The number of hydrogen-bond donors (Lipinski definition) is 2. The summed E-state index contributed by atoms with van der Waals surface area (Å²) >= 11 is 1.38. The molecule has 1 aromatic heterocycles. The molecule has 122 valence electrons. The van der Waals surface area contributed by atoms with Gasteiger partial charge in [-0.2, -0.15) is 0 Å². The van der Waals surface area contributed by atoms with Gasteiger partial charge in [0.25, 0.3) is 0 Å². The number of amides is 2. The first kappa shape index (κ1) is 15.6. The van der Waals surface area contributed by atoms with Gasteiger partial charge in [0.2, 0.25) is 0 Å². The second kappa shape index (κ2) is 7.30. The van der Waals surface area contributed by atoms with Crippen LogP contribution >= 0.6 is 11.3 Å². The Morgan fingerprint density at radius 1 is 1.39 bits per heavy atom. The van der Waals surface area contributed by atoms with Gasteiger partial charge in [-0.15, -0.1) is 0 Å². The highest BCUT2D eigenvalue weighted by atomic mass is 32.1. The Morgan fingerprint density at radius 3 is 3.13 bits per heavy atom. The maximum atomic E-state index is 12.0. The molecule has 23 heavy (non-hydrogen) atoms. The molecule has 0 fully saturated rings. The van der Waals surface area contributed by atoms with Gasteiger partial charge in [0, 0.05) is 25.4 Å². The van der Waals surface area contributed by atoms with E-state index in [9.17, 15) is 4.79 Å². The number of nitrogens with one attached hydrogen (secondary N) is 2. The summed E-state index contributed by atoms with van der Waals surface area (Å²) in [4.78, 5) is 17.0. The van der Waals surface area contributed by atoms with Crippen molar-refractivity contribution in [3.8, 4) is 11.5 Å². The zero-order valence-electron chi connectivity index (χ0n) is 12.6. The quantitative estimate of drug-likeness (QED) is 0.877. The van der Waals surface area contributed by atoms with Crippen molar-refractivity contribution in [3.05, 3.63) is 34.8 Å². The van der Waals surface area contributed by atoms with Crippen LogP contribution in [-0.4, -0.2) is 31.3 Å². The summed E-state index contributed by atoms with van der Waals surface area (Å²) in [5.41, 5.74) is 0.872. The highest BCUT2D eigenvalue weighted by Crippen LogP contribution is 2.33. The number of benzene rings is 1. The molecule has 8 heteroatoms. The molecule has 2 aromatic rings. The van der Waals surface area contributed by atoms with E-state index in [0.717, 1.165) is 10.4 Å². The number of fused-ring (bicyclic) bond motifs is 1. The van der Waals surface area contributed by atoms with E-state index in [1.165, 1.54) is 11.3 Å². The summed E-state index contributed by atoms with van der Waals surface area (Å²) in [6, 6.07) is 5.30. The normalized spacial score (nSPS) is 12.7. The van der Waals surface area contributed by atoms with Crippen molar-refractivity contribution in [2.24, 2.45) is 0 Å². The lowest BCUT2D eigenvalue weighted by atomic mass is 10.1. The summed E-state index contributed by atoms with van der Waals surface area (Å²) in [5, 5.41) is 6.02. The monoisotopic (exact) mass is 335 g/mol. The number of para-hydroxylation sites is 1. The zero-order chi connectivity index (χ0) is 16.1. The molecular weight excluding hydrogens is 318 g/mol. The molecule has 0 saturated carbocycles. The molecule has 2 heterocycles. The van der Waals surface area contributed by atoms with Gasteiger partial charge < -0.3 is 19.5 Å². The van der Waals surface area contributed by atoms with Crippen molar-refractivity contribution in [1.29, 1.82) is 0 Å². The predicted octanol–water partition coefficient (Wildman–Crippen LogP) is 2.38. The first-order valence-corrected chi connectivity index (χ1v) is 7.94. The van der Waals surface area contributed by atoms with Crippen LogP contribution in [0.5, 0.6) is 11.5 Å². The number of ether oxygens (including phenoxy) is 3. The average Bonchev–Trinajstić information content (AvgIpc) is 3.00. The largest absolute Gasteiger partial charge is 0.486 e. The third kappa shape index (κ3) is 3.91. The van der Waals surface area contributed by atoms with E-state index in [2.05, 4.69) is 15.6 Å². The maximum Gasteiger partial charge on any atom is 0.321 e. The Hall–Kier alpha value is -2.32. The van der Waals surface area contributed by atoms with Crippen molar-refractivity contribution >= 4 is 22.5 Å². The van der Waals surface area contributed by atoms with E-state index in [1.807, 2.05) is 18.2 Å². The Balaban J connectivity index is 1.56. The highest BCUT2D eigenvalue weighted by Gasteiger charge is 2.16. The van der Waals surface area contributed by atoms with E-state index >= 15 is 0 Å². The molecule has 0 bridgehead atoms. The molecule has 0 saturated heterocycles. The fraction of sp³-hybridized carbons (Fsp3) is 0.333. The molecule has 0 atom stereocenters. The Bertz CT molecular complexity index is 689. The van der Waals surface area contributed by atoms with E-state index < -0.39 is 0 Å². The fourth-order valence-electron chi connectivity index (χ4n) is 2.16. The Kier molecular flexibility index (Phi) is 4.94. The molecule has 3 rings (SSSR count). The maximum absolute atomic E-state index is 12.0. The van der Waals surface area contributed by atoms with Crippen molar-refractivity contribution in [2.45, 2.75) is 13.2 Å². The van der Waals surface area contributed by atoms with Gasteiger partial charge in [-0.05, 0) is 6.07 Å². The number of carbonyl (C=O) groups is 1. The minimum absolute atomic E-state index is 0.322. The van der Waals surface area contributed by atoms with Gasteiger partial charge in [0.05, 0.1) is 11.5 Å². The SMILES string of the molecule is COCc1cnc(NC(=O)NCc2cccc3c2OCCO3)s1. The lowest BCUT2D eigenvalue weighted by Gasteiger charge is -2.21. The number of carbonyl (C=O) groups excluding carboxylic acids is 1. The number of hydrogen-bond acceptors (Lipinski definition) is 6. The Labute approximate surface area is 137 Å². The molecule has 2 N–H and O–H groups in total. The minimum atomic E-state index is -0.322. The lowest BCUT2D eigenvalue weighted by Crippen LogP contribution is -2.28.